The van der Waals surface area contributed by atoms with E-state index in [0.29, 0.717) is 15.6 Å². The lowest BCUT2D eigenvalue weighted by Crippen LogP contribution is -2.37. The van der Waals surface area contributed by atoms with E-state index >= 15 is 0 Å². The van der Waals surface area contributed by atoms with Crippen molar-refractivity contribution in [1.82, 2.24) is 10.7 Å². The summed E-state index contributed by atoms with van der Waals surface area (Å²) < 4.78 is 0. The molecule has 0 saturated heterocycles. The Labute approximate surface area is 149 Å². The first-order valence-electron chi connectivity index (χ1n) is 7.07. The second kappa shape index (κ2) is 8.47. The van der Waals surface area contributed by atoms with E-state index in [1.165, 1.54) is 6.21 Å². The summed E-state index contributed by atoms with van der Waals surface area (Å²) in [4.78, 5) is 23.4. The van der Waals surface area contributed by atoms with E-state index in [1.807, 2.05) is 31.2 Å². The van der Waals surface area contributed by atoms with Gasteiger partial charge in [-0.15, -0.1) is 0 Å². The maximum Gasteiger partial charge on any atom is 0.329 e. The van der Waals surface area contributed by atoms with Gasteiger partial charge in [-0.3, -0.25) is 9.59 Å². The Balaban J connectivity index is 1.84. The van der Waals surface area contributed by atoms with Crippen LogP contribution < -0.4 is 10.7 Å². The number of hydrogen-bond donors (Lipinski definition) is 2. The summed E-state index contributed by atoms with van der Waals surface area (Å²) in [5, 5.41) is 7.11. The van der Waals surface area contributed by atoms with Gasteiger partial charge in [0.05, 0.1) is 11.2 Å². The average molecular weight is 364 g/mol. The summed E-state index contributed by atoms with van der Waals surface area (Å²) in [6, 6.07) is 12.5. The Morgan fingerprint density at radius 2 is 1.79 bits per heavy atom. The van der Waals surface area contributed by atoms with E-state index < -0.39 is 11.8 Å². The number of halogens is 2. The maximum atomic E-state index is 11.7. The fourth-order valence-corrected chi connectivity index (χ4v) is 2.24. The summed E-state index contributed by atoms with van der Waals surface area (Å²) in [7, 11) is 0. The molecule has 0 radical (unpaired) electrons. The molecule has 0 fully saturated rings. The fraction of sp³-hybridized carbons (Fsp3) is 0.118. The number of hydrogen-bond acceptors (Lipinski definition) is 3. The van der Waals surface area contributed by atoms with Gasteiger partial charge in [0.25, 0.3) is 0 Å². The summed E-state index contributed by atoms with van der Waals surface area (Å²) >= 11 is 11.8. The van der Waals surface area contributed by atoms with Gasteiger partial charge in [-0.25, -0.2) is 5.43 Å². The van der Waals surface area contributed by atoms with Crippen LogP contribution in [0, 0.1) is 6.92 Å². The number of hydrazone groups is 1. The summed E-state index contributed by atoms with van der Waals surface area (Å²) in [5.74, 6) is -1.63. The van der Waals surface area contributed by atoms with Crippen LogP contribution in [0.4, 0.5) is 0 Å². The molecule has 0 unspecified atom stereocenters. The van der Waals surface area contributed by atoms with Crippen LogP contribution in [-0.4, -0.2) is 18.0 Å². The molecule has 5 nitrogen and oxygen atoms in total. The predicted molar refractivity (Wildman–Crippen MR) is 95.2 cm³/mol. The minimum atomic E-state index is -0.858. The lowest BCUT2D eigenvalue weighted by atomic mass is 10.1. The van der Waals surface area contributed by atoms with Crippen molar-refractivity contribution in [3.05, 3.63) is 69.2 Å². The molecule has 0 atom stereocenters. The smallest absolute Gasteiger partial charge is 0.329 e. The minimum Gasteiger partial charge on any atom is -0.344 e. The second-order valence-corrected chi connectivity index (χ2v) is 5.88. The number of nitrogens with zero attached hydrogens (tertiary/aromatic N) is 1. The third-order valence-electron chi connectivity index (χ3n) is 3.11. The molecule has 2 rings (SSSR count). The topological polar surface area (TPSA) is 70.6 Å². The largest absolute Gasteiger partial charge is 0.344 e. The van der Waals surface area contributed by atoms with Crippen LogP contribution in [0.5, 0.6) is 0 Å². The monoisotopic (exact) mass is 363 g/mol. The van der Waals surface area contributed by atoms with Gasteiger partial charge in [0.2, 0.25) is 0 Å². The molecule has 0 spiro atoms. The second-order valence-electron chi connectivity index (χ2n) is 5.03. The highest BCUT2D eigenvalue weighted by atomic mass is 35.5. The molecule has 0 aliphatic heterocycles. The summed E-state index contributed by atoms with van der Waals surface area (Å²) in [6.45, 7) is 2.24. The number of amides is 2. The predicted octanol–water partition coefficient (Wildman–Crippen LogP) is 3.07. The number of nitrogens with one attached hydrogen (secondary N) is 2. The highest BCUT2D eigenvalue weighted by Gasteiger charge is 2.11. The van der Waals surface area contributed by atoms with Crippen molar-refractivity contribution in [1.29, 1.82) is 0 Å². The number of benzene rings is 2. The van der Waals surface area contributed by atoms with Gasteiger partial charge >= 0.3 is 11.8 Å². The van der Waals surface area contributed by atoms with Gasteiger partial charge < -0.3 is 5.32 Å². The summed E-state index contributed by atoms with van der Waals surface area (Å²) in [6.07, 6.45) is 1.34. The molecule has 0 saturated carbocycles. The Bertz CT molecular complexity index is 774. The Kier molecular flexibility index (Phi) is 6.35. The molecule has 0 aliphatic carbocycles. The molecule has 7 heteroatoms. The number of carbonyl (C=O) groups is 2. The molecule has 0 aliphatic rings. The van der Waals surface area contributed by atoms with Crippen molar-refractivity contribution in [3.63, 3.8) is 0 Å². The minimum absolute atomic E-state index is 0.263. The Morgan fingerprint density at radius 3 is 2.46 bits per heavy atom. The normalized spacial score (nSPS) is 10.6. The molecular formula is C17H15Cl2N3O2. The van der Waals surface area contributed by atoms with Crippen LogP contribution in [-0.2, 0) is 16.1 Å². The van der Waals surface area contributed by atoms with Crippen LogP contribution >= 0.6 is 23.2 Å². The molecule has 0 bridgehead atoms. The number of rotatable bonds is 4. The molecular weight excluding hydrogens is 349 g/mol. The molecule has 0 heterocycles. The molecule has 2 N–H and O–H groups in total. The van der Waals surface area contributed by atoms with Crippen LogP contribution in [0.3, 0.4) is 0 Å². The van der Waals surface area contributed by atoms with Gasteiger partial charge in [0.1, 0.15) is 0 Å². The first kappa shape index (κ1) is 18.0. The van der Waals surface area contributed by atoms with E-state index in [4.69, 9.17) is 23.2 Å². The van der Waals surface area contributed by atoms with Crippen LogP contribution in [0.25, 0.3) is 0 Å². The molecule has 24 heavy (non-hydrogen) atoms. The van der Waals surface area contributed by atoms with Crippen molar-refractivity contribution in [2.45, 2.75) is 13.5 Å². The SMILES string of the molecule is Cc1ccc(CNC(=O)C(=O)N/N=C\c2ccc(Cl)cc2Cl)cc1. The third-order valence-corrected chi connectivity index (χ3v) is 3.67. The maximum absolute atomic E-state index is 11.7. The van der Waals surface area contributed by atoms with Crippen molar-refractivity contribution < 1.29 is 9.59 Å². The van der Waals surface area contributed by atoms with Crippen LogP contribution in [0.2, 0.25) is 10.0 Å². The standard InChI is InChI=1S/C17H15Cl2N3O2/c1-11-2-4-12(5-3-11)9-20-16(23)17(24)22-21-10-13-6-7-14(18)8-15(13)19/h2-8,10H,9H2,1H3,(H,20,23)(H,22,24)/b21-10-. The van der Waals surface area contributed by atoms with Crippen LogP contribution in [0.15, 0.2) is 47.6 Å². The van der Waals surface area contributed by atoms with Gasteiger partial charge in [-0.1, -0.05) is 59.1 Å². The van der Waals surface area contributed by atoms with Gasteiger partial charge in [-0.2, -0.15) is 5.10 Å². The molecule has 2 aromatic rings. The van der Waals surface area contributed by atoms with Gasteiger partial charge in [0.15, 0.2) is 0 Å². The zero-order chi connectivity index (χ0) is 17.5. The Morgan fingerprint density at radius 1 is 1.08 bits per heavy atom. The van der Waals surface area contributed by atoms with Crippen LogP contribution in [0.1, 0.15) is 16.7 Å². The molecule has 124 valence electrons. The van der Waals surface area contributed by atoms with E-state index in [1.54, 1.807) is 18.2 Å². The number of carbonyl (C=O) groups excluding carboxylic acids is 2. The van der Waals surface area contributed by atoms with E-state index in [9.17, 15) is 9.59 Å². The first-order chi connectivity index (χ1) is 11.5. The highest BCUT2D eigenvalue weighted by molar-refractivity contribution is 6.36. The Hall–Kier alpha value is -2.37. The zero-order valence-electron chi connectivity index (χ0n) is 12.8. The quantitative estimate of drug-likeness (QED) is 0.497. The molecule has 0 aromatic heterocycles. The lowest BCUT2D eigenvalue weighted by Gasteiger charge is -2.04. The number of aryl methyl sites for hydroxylation is 1. The average Bonchev–Trinajstić information content (AvgIpc) is 2.56. The fourth-order valence-electron chi connectivity index (χ4n) is 1.79. The van der Waals surface area contributed by atoms with E-state index in [0.717, 1.165) is 11.1 Å². The van der Waals surface area contributed by atoms with E-state index in [2.05, 4.69) is 15.8 Å². The van der Waals surface area contributed by atoms with Crippen molar-refractivity contribution >= 4 is 41.2 Å². The first-order valence-corrected chi connectivity index (χ1v) is 7.83. The molecule has 2 amide bonds. The highest BCUT2D eigenvalue weighted by Crippen LogP contribution is 2.19. The van der Waals surface area contributed by atoms with E-state index in [-0.39, 0.29) is 6.54 Å². The van der Waals surface area contributed by atoms with Crippen molar-refractivity contribution in [3.8, 4) is 0 Å². The lowest BCUT2D eigenvalue weighted by molar-refractivity contribution is -0.139. The third kappa shape index (κ3) is 5.37. The molecule has 2 aromatic carbocycles. The van der Waals surface area contributed by atoms with Gasteiger partial charge in [0, 0.05) is 17.1 Å². The summed E-state index contributed by atoms with van der Waals surface area (Å²) in [5.41, 5.74) is 4.74. The van der Waals surface area contributed by atoms with Crippen molar-refractivity contribution in [2.75, 3.05) is 0 Å². The van der Waals surface area contributed by atoms with Gasteiger partial charge in [-0.05, 0) is 24.6 Å². The zero-order valence-corrected chi connectivity index (χ0v) is 14.4. The van der Waals surface area contributed by atoms with Crippen molar-refractivity contribution in [2.24, 2.45) is 5.10 Å².